The monoisotopic (exact) mass is 454 g/mol. The summed E-state index contributed by atoms with van der Waals surface area (Å²) < 4.78 is 1.63. The minimum atomic E-state index is -0.228. The van der Waals surface area contributed by atoms with E-state index < -0.39 is 0 Å². The Labute approximate surface area is 190 Å². The number of carbonyl (C=O) groups excluding carboxylic acids is 1. The summed E-state index contributed by atoms with van der Waals surface area (Å²) in [6, 6.07) is 16.1. The summed E-state index contributed by atoms with van der Waals surface area (Å²) in [5.41, 5.74) is 1.02. The van der Waals surface area contributed by atoms with Crippen molar-refractivity contribution in [1.29, 1.82) is 5.26 Å². The first-order valence-corrected chi connectivity index (χ1v) is 11.3. The van der Waals surface area contributed by atoms with Crippen LogP contribution < -0.4 is 10.5 Å². The topological polar surface area (TPSA) is 79.0 Å². The first-order chi connectivity index (χ1) is 14.9. The Morgan fingerprint density at radius 1 is 1.26 bits per heavy atom. The number of hydrogen-bond donors (Lipinski definition) is 0. The van der Waals surface area contributed by atoms with E-state index in [2.05, 4.69) is 18.8 Å². The number of thioether (sulfide) groups is 1. The van der Waals surface area contributed by atoms with E-state index in [1.54, 1.807) is 34.9 Å². The summed E-state index contributed by atoms with van der Waals surface area (Å²) in [6.45, 7) is 4.65. The molecule has 0 bridgehead atoms. The number of fused-ring (bicyclic) bond motifs is 1. The van der Waals surface area contributed by atoms with Gasteiger partial charge in [0.05, 0.1) is 22.7 Å². The Hall–Kier alpha value is -2.82. The lowest BCUT2D eigenvalue weighted by atomic mass is 10.1. The Morgan fingerprint density at radius 2 is 2.00 bits per heavy atom. The van der Waals surface area contributed by atoms with Crippen LogP contribution >= 0.6 is 23.4 Å². The zero-order valence-electron chi connectivity index (χ0n) is 17.4. The molecule has 0 N–H and O–H groups in total. The summed E-state index contributed by atoms with van der Waals surface area (Å²) in [7, 11) is 0. The van der Waals surface area contributed by atoms with Gasteiger partial charge in [0, 0.05) is 17.3 Å². The first kappa shape index (κ1) is 22.9. The average molecular weight is 455 g/mol. The second-order valence-electron chi connectivity index (χ2n) is 7.46. The molecule has 0 radical (unpaired) electrons. The molecule has 31 heavy (non-hydrogen) atoms. The highest BCUT2D eigenvalue weighted by Gasteiger charge is 2.18. The van der Waals surface area contributed by atoms with Gasteiger partial charge in [-0.15, -0.1) is 0 Å². The van der Waals surface area contributed by atoms with Gasteiger partial charge in [0.15, 0.2) is 5.16 Å². The number of halogens is 1. The van der Waals surface area contributed by atoms with Crippen LogP contribution in [0.5, 0.6) is 0 Å². The molecule has 0 atom stereocenters. The van der Waals surface area contributed by atoms with E-state index in [0.717, 1.165) is 6.42 Å². The van der Waals surface area contributed by atoms with Crippen molar-refractivity contribution in [2.24, 2.45) is 5.92 Å². The molecule has 0 unspecified atom stereocenters. The first-order valence-electron chi connectivity index (χ1n) is 9.96. The van der Waals surface area contributed by atoms with Gasteiger partial charge in [0.2, 0.25) is 5.91 Å². The fraction of sp³-hybridized carbons (Fsp3) is 0.304. The SMILES string of the molecule is CC(C)CCn1c(SCC(=O)N(CC#N)c2ccccc2)nc2cc(Cl)ccc2c1=O. The van der Waals surface area contributed by atoms with Crippen LogP contribution in [0.4, 0.5) is 5.69 Å². The molecule has 6 nitrogen and oxygen atoms in total. The minimum Gasteiger partial charge on any atom is -0.298 e. The fourth-order valence-corrected chi connectivity index (χ4v) is 4.14. The third-order valence-corrected chi connectivity index (χ3v) is 5.93. The third kappa shape index (κ3) is 5.66. The standard InChI is InChI=1S/C23H23ClN4O2S/c1-16(2)10-12-28-22(30)19-9-8-17(24)14-20(19)26-23(28)31-15-21(29)27(13-11-25)18-6-4-3-5-7-18/h3-9,14,16H,10,12-13,15H2,1-2H3. The predicted octanol–water partition coefficient (Wildman–Crippen LogP) is 4.74. The largest absolute Gasteiger partial charge is 0.298 e. The number of nitriles is 1. The summed E-state index contributed by atoms with van der Waals surface area (Å²) in [6.07, 6.45) is 0.812. The van der Waals surface area contributed by atoms with Crippen LogP contribution in [0.15, 0.2) is 58.5 Å². The van der Waals surface area contributed by atoms with Crippen molar-refractivity contribution in [1.82, 2.24) is 9.55 Å². The van der Waals surface area contributed by atoms with Gasteiger partial charge in [-0.3, -0.25) is 19.1 Å². The van der Waals surface area contributed by atoms with E-state index in [9.17, 15) is 9.59 Å². The van der Waals surface area contributed by atoms with Crippen molar-refractivity contribution in [2.75, 3.05) is 17.2 Å². The molecule has 1 heterocycles. The number of amides is 1. The van der Waals surface area contributed by atoms with Gasteiger partial charge in [-0.1, -0.05) is 55.4 Å². The molecule has 0 saturated carbocycles. The number of rotatable bonds is 8. The summed E-state index contributed by atoms with van der Waals surface area (Å²) in [5.74, 6) is 0.238. The highest BCUT2D eigenvalue weighted by Crippen LogP contribution is 2.23. The summed E-state index contributed by atoms with van der Waals surface area (Å²) in [5, 5.41) is 10.6. The van der Waals surface area contributed by atoms with Crippen molar-refractivity contribution in [3.63, 3.8) is 0 Å². The van der Waals surface area contributed by atoms with Gasteiger partial charge in [-0.05, 0) is 42.7 Å². The van der Waals surface area contributed by atoms with Gasteiger partial charge in [0.25, 0.3) is 5.56 Å². The molecule has 1 aromatic heterocycles. The molecular weight excluding hydrogens is 432 g/mol. The number of para-hydroxylation sites is 1. The predicted molar refractivity (Wildman–Crippen MR) is 126 cm³/mol. The highest BCUT2D eigenvalue weighted by atomic mass is 35.5. The second-order valence-corrected chi connectivity index (χ2v) is 8.84. The van der Waals surface area contributed by atoms with Crippen LogP contribution in [-0.4, -0.2) is 27.8 Å². The lowest BCUT2D eigenvalue weighted by Crippen LogP contribution is -2.33. The van der Waals surface area contributed by atoms with E-state index in [1.165, 1.54) is 16.7 Å². The Bertz CT molecular complexity index is 1170. The fourth-order valence-electron chi connectivity index (χ4n) is 3.07. The molecule has 3 aromatic rings. The van der Waals surface area contributed by atoms with Gasteiger partial charge in [-0.25, -0.2) is 4.98 Å². The van der Waals surface area contributed by atoms with Gasteiger partial charge in [-0.2, -0.15) is 5.26 Å². The quantitative estimate of drug-likeness (QED) is 0.279. The average Bonchev–Trinajstić information content (AvgIpc) is 2.75. The molecular formula is C23H23ClN4O2S. The molecule has 2 aromatic carbocycles. The zero-order chi connectivity index (χ0) is 22.4. The molecule has 0 fully saturated rings. The van der Waals surface area contributed by atoms with E-state index >= 15 is 0 Å². The number of nitrogens with zero attached hydrogens (tertiary/aromatic N) is 4. The number of anilines is 1. The van der Waals surface area contributed by atoms with Crippen molar-refractivity contribution in [2.45, 2.75) is 32.0 Å². The van der Waals surface area contributed by atoms with E-state index in [4.69, 9.17) is 16.9 Å². The van der Waals surface area contributed by atoms with E-state index in [-0.39, 0.29) is 23.8 Å². The van der Waals surface area contributed by atoms with Crippen LogP contribution in [0, 0.1) is 17.2 Å². The van der Waals surface area contributed by atoms with Gasteiger partial charge in [0.1, 0.15) is 6.54 Å². The van der Waals surface area contributed by atoms with Crippen LogP contribution in [0.3, 0.4) is 0 Å². The van der Waals surface area contributed by atoms with Crippen molar-refractivity contribution < 1.29 is 4.79 Å². The van der Waals surface area contributed by atoms with Gasteiger partial charge < -0.3 is 0 Å². The maximum atomic E-state index is 13.1. The summed E-state index contributed by atoms with van der Waals surface area (Å²) >= 11 is 7.29. The number of benzene rings is 2. The van der Waals surface area contributed by atoms with E-state index in [1.807, 2.05) is 24.3 Å². The Kier molecular flexibility index (Phi) is 7.72. The molecule has 3 rings (SSSR count). The van der Waals surface area contributed by atoms with Crippen LogP contribution in [0.2, 0.25) is 5.02 Å². The number of aromatic nitrogens is 2. The molecule has 0 aliphatic carbocycles. The molecule has 160 valence electrons. The van der Waals surface area contributed by atoms with E-state index in [0.29, 0.717) is 39.2 Å². The smallest absolute Gasteiger partial charge is 0.262 e. The van der Waals surface area contributed by atoms with Crippen molar-refractivity contribution in [3.8, 4) is 6.07 Å². The Morgan fingerprint density at radius 3 is 2.68 bits per heavy atom. The van der Waals surface area contributed by atoms with Crippen LogP contribution in [0.25, 0.3) is 10.9 Å². The normalized spacial score (nSPS) is 10.9. The molecule has 8 heteroatoms. The zero-order valence-corrected chi connectivity index (χ0v) is 19.0. The van der Waals surface area contributed by atoms with Crippen molar-refractivity contribution in [3.05, 3.63) is 63.9 Å². The van der Waals surface area contributed by atoms with Crippen LogP contribution in [-0.2, 0) is 11.3 Å². The molecule has 0 aliphatic heterocycles. The Balaban J connectivity index is 1.91. The highest BCUT2D eigenvalue weighted by molar-refractivity contribution is 7.99. The molecule has 0 aliphatic rings. The maximum absolute atomic E-state index is 13.1. The molecule has 0 saturated heterocycles. The lowest BCUT2D eigenvalue weighted by Gasteiger charge is -2.20. The van der Waals surface area contributed by atoms with Crippen molar-refractivity contribution >= 4 is 45.9 Å². The minimum absolute atomic E-state index is 0.0513. The van der Waals surface area contributed by atoms with Crippen LogP contribution in [0.1, 0.15) is 20.3 Å². The molecule has 1 amide bonds. The number of carbonyl (C=O) groups is 1. The number of hydrogen-bond acceptors (Lipinski definition) is 5. The third-order valence-electron chi connectivity index (χ3n) is 4.73. The second kappa shape index (κ2) is 10.5. The molecule has 0 spiro atoms. The van der Waals surface area contributed by atoms with Gasteiger partial charge >= 0.3 is 0 Å². The maximum Gasteiger partial charge on any atom is 0.262 e. The lowest BCUT2D eigenvalue weighted by molar-refractivity contribution is -0.116. The summed E-state index contributed by atoms with van der Waals surface area (Å²) in [4.78, 5) is 32.1.